The zero-order valence-corrected chi connectivity index (χ0v) is 12.8. The van der Waals surface area contributed by atoms with Crippen molar-refractivity contribution in [2.45, 2.75) is 77.8 Å². The summed E-state index contributed by atoms with van der Waals surface area (Å²) >= 11 is 0. The fourth-order valence-corrected chi connectivity index (χ4v) is 3.55. The maximum absolute atomic E-state index is 12.6. The number of fused-ring (bicyclic) bond motifs is 1. The fourth-order valence-electron chi connectivity index (χ4n) is 3.55. The molecule has 3 atom stereocenters. The van der Waals surface area contributed by atoms with Gasteiger partial charge in [-0.15, -0.1) is 0 Å². The smallest absolute Gasteiger partial charge is 0.224 e. The Hall–Kier alpha value is -0.570. The first kappa shape index (κ1) is 14.8. The fraction of sp³-hybridized carbons (Fsp3) is 0.938. The minimum absolute atomic E-state index is 0.0113. The number of carbonyl (C=O) groups is 1. The molecule has 2 rings (SSSR count). The summed E-state index contributed by atoms with van der Waals surface area (Å²) in [6.07, 6.45) is 8.17. The van der Waals surface area contributed by atoms with Gasteiger partial charge in [0.2, 0.25) is 5.91 Å². The van der Waals surface area contributed by atoms with Gasteiger partial charge in [0, 0.05) is 25.0 Å². The highest BCUT2D eigenvalue weighted by Crippen LogP contribution is 2.35. The highest BCUT2D eigenvalue weighted by atomic mass is 16.2. The first-order valence-corrected chi connectivity index (χ1v) is 7.94. The third-order valence-corrected chi connectivity index (χ3v) is 5.07. The summed E-state index contributed by atoms with van der Waals surface area (Å²) in [7, 11) is 0. The van der Waals surface area contributed by atoms with E-state index < -0.39 is 0 Å². The number of nitrogens with two attached hydrogens (primary N) is 1. The molecule has 0 bridgehead atoms. The van der Waals surface area contributed by atoms with E-state index in [1.165, 1.54) is 38.5 Å². The molecule has 0 spiro atoms. The normalized spacial score (nSPS) is 29.8. The molecule has 3 nitrogen and oxygen atoms in total. The topological polar surface area (TPSA) is 46.3 Å². The molecule has 0 aromatic rings. The Labute approximate surface area is 117 Å². The predicted molar refractivity (Wildman–Crippen MR) is 78.7 cm³/mol. The highest BCUT2D eigenvalue weighted by Gasteiger charge is 2.36. The van der Waals surface area contributed by atoms with E-state index >= 15 is 0 Å². The van der Waals surface area contributed by atoms with Crippen LogP contribution in [0.5, 0.6) is 0 Å². The monoisotopic (exact) mass is 266 g/mol. The Morgan fingerprint density at radius 1 is 1.21 bits per heavy atom. The Bertz CT molecular complexity index is 319. The summed E-state index contributed by atoms with van der Waals surface area (Å²) in [6, 6.07) is 0.478. The maximum Gasteiger partial charge on any atom is 0.224 e. The summed E-state index contributed by atoms with van der Waals surface area (Å²) in [6.45, 7) is 7.30. The van der Waals surface area contributed by atoms with E-state index in [9.17, 15) is 4.79 Å². The van der Waals surface area contributed by atoms with Crippen molar-refractivity contribution in [3.63, 3.8) is 0 Å². The van der Waals surface area contributed by atoms with E-state index in [-0.39, 0.29) is 11.5 Å². The van der Waals surface area contributed by atoms with Crippen LogP contribution in [-0.2, 0) is 4.79 Å². The molecule has 1 saturated heterocycles. The molecule has 1 heterocycles. The van der Waals surface area contributed by atoms with Crippen LogP contribution in [0.2, 0.25) is 0 Å². The first-order valence-electron chi connectivity index (χ1n) is 7.94. The van der Waals surface area contributed by atoms with E-state index in [0.717, 1.165) is 12.5 Å². The molecular formula is C16H30N2O. The Morgan fingerprint density at radius 2 is 1.84 bits per heavy atom. The van der Waals surface area contributed by atoms with Gasteiger partial charge in [0.15, 0.2) is 0 Å². The van der Waals surface area contributed by atoms with E-state index in [1.807, 2.05) is 0 Å². The third kappa shape index (κ3) is 3.50. The van der Waals surface area contributed by atoms with Crippen molar-refractivity contribution in [2.24, 2.45) is 17.1 Å². The third-order valence-electron chi connectivity index (χ3n) is 5.07. The zero-order valence-electron chi connectivity index (χ0n) is 12.8. The first-order chi connectivity index (χ1) is 8.89. The molecule has 2 N–H and O–H groups in total. The van der Waals surface area contributed by atoms with Gasteiger partial charge >= 0.3 is 0 Å². The van der Waals surface area contributed by atoms with Gasteiger partial charge in [-0.3, -0.25) is 4.79 Å². The number of carbonyl (C=O) groups excluding carboxylic acids is 1. The molecule has 19 heavy (non-hydrogen) atoms. The van der Waals surface area contributed by atoms with Gasteiger partial charge in [0.05, 0.1) is 0 Å². The second-order valence-corrected chi connectivity index (χ2v) is 7.52. The molecule has 110 valence electrons. The van der Waals surface area contributed by atoms with Gasteiger partial charge in [-0.25, -0.2) is 0 Å². The lowest BCUT2D eigenvalue weighted by molar-refractivity contribution is -0.138. The van der Waals surface area contributed by atoms with Gasteiger partial charge in [-0.1, -0.05) is 33.6 Å². The van der Waals surface area contributed by atoms with Crippen molar-refractivity contribution in [1.82, 2.24) is 4.90 Å². The molecule has 1 saturated carbocycles. The quantitative estimate of drug-likeness (QED) is 0.835. The molecule has 2 fully saturated rings. The average molecular weight is 266 g/mol. The van der Waals surface area contributed by atoms with Crippen LogP contribution in [0.25, 0.3) is 0 Å². The van der Waals surface area contributed by atoms with Crippen LogP contribution >= 0.6 is 0 Å². The summed E-state index contributed by atoms with van der Waals surface area (Å²) in [5.74, 6) is 1.05. The van der Waals surface area contributed by atoms with Crippen LogP contribution in [-0.4, -0.2) is 29.4 Å². The number of amides is 1. The molecule has 0 aromatic carbocycles. The molecule has 0 aromatic heterocycles. The van der Waals surface area contributed by atoms with E-state index in [2.05, 4.69) is 25.7 Å². The largest absolute Gasteiger partial charge is 0.339 e. The van der Waals surface area contributed by atoms with Crippen LogP contribution in [0.4, 0.5) is 0 Å². The van der Waals surface area contributed by atoms with Crippen molar-refractivity contribution in [1.29, 1.82) is 0 Å². The molecule has 1 aliphatic carbocycles. The standard InChI is InChI=1S/C16H30N2O/c1-16(2,3)14(17)11-15(19)18-10-6-8-12-7-4-5-9-13(12)18/h12-14H,4-11,17H2,1-3H3. The SMILES string of the molecule is CC(C)(C)C(N)CC(=O)N1CCCC2CCCCC21. The van der Waals surface area contributed by atoms with Gasteiger partial charge in [-0.2, -0.15) is 0 Å². The summed E-state index contributed by atoms with van der Waals surface area (Å²) < 4.78 is 0. The number of hydrogen-bond donors (Lipinski definition) is 1. The Balaban J connectivity index is 1.97. The number of piperidine rings is 1. The zero-order chi connectivity index (χ0) is 14.0. The Morgan fingerprint density at radius 3 is 2.53 bits per heavy atom. The maximum atomic E-state index is 12.6. The molecule has 3 unspecified atom stereocenters. The molecule has 1 amide bonds. The van der Waals surface area contributed by atoms with Crippen LogP contribution in [0.1, 0.15) is 65.7 Å². The van der Waals surface area contributed by atoms with Gasteiger partial charge in [0.25, 0.3) is 0 Å². The lowest BCUT2D eigenvalue weighted by Gasteiger charge is -2.44. The highest BCUT2D eigenvalue weighted by molar-refractivity contribution is 5.77. The summed E-state index contributed by atoms with van der Waals surface area (Å²) in [5.41, 5.74) is 6.19. The summed E-state index contributed by atoms with van der Waals surface area (Å²) in [5, 5.41) is 0. The van der Waals surface area contributed by atoms with Gasteiger partial charge in [0.1, 0.15) is 0 Å². The van der Waals surface area contributed by atoms with E-state index in [4.69, 9.17) is 5.73 Å². The van der Waals surface area contributed by atoms with E-state index in [1.54, 1.807) is 0 Å². The number of likely N-dealkylation sites (tertiary alicyclic amines) is 1. The van der Waals surface area contributed by atoms with Crippen molar-refractivity contribution in [2.75, 3.05) is 6.54 Å². The van der Waals surface area contributed by atoms with Crippen molar-refractivity contribution in [3.05, 3.63) is 0 Å². The van der Waals surface area contributed by atoms with Gasteiger partial charge in [-0.05, 0) is 37.0 Å². The minimum atomic E-state index is -0.0380. The van der Waals surface area contributed by atoms with Gasteiger partial charge < -0.3 is 10.6 Å². The molecular weight excluding hydrogens is 236 g/mol. The molecule has 2 aliphatic rings. The van der Waals surface area contributed by atoms with Crippen molar-refractivity contribution >= 4 is 5.91 Å². The van der Waals surface area contributed by atoms with Crippen LogP contribution in [0, 0.1) is 11.3 Å². The number of nitrogens with zero attached hydrogens (tertiary/aromatic N) is 1. The second kappa shape index (κ2) is 5.82. The van der Waals surface area contributed by atoms with E-state index in [0.29, 0.717) is 18.4 Å². The predicted octanol–water partition coefficient (Wildman–Crippen LogP) is 2.93. The second-order valence-electron chi connectivity index (χ2n) is 7.52. The molecule has 3 heteroatoms. The van der Waals surface area contributed by atoms with Crippen LogP contribution in [0.15, 0.2) is 0 Å². The van der Waals surface area contributed by atoms with Crippen molar-refractivity contribution < 1.29 is 4.79 Å². The summed E-state index contributed by atoms with van der Waals surface area (Å²) in [4.78, 5) is 14.7. The molecule has 0 radical (unpaired) electrons. The lowest BCUT2D eigenvalue weighted by atomic mass is 9.78. The number of rotatable bonds is 2. The minimum Gasteiger partial charge on any atom is -0.339 e. The van der Waals surface area contributed by atoms with Crippen LogP contribution < -0.4 is 5.73 Å². The lowest BCUT2D eigenvalue weighted by Crippen LogP contribution is -2.51. The number of hydrogen-bond acceptors (Lipinski definition) is 2. The Kier molecular flexibility index (Phi) is 4.54. The van der Waals surface area contributed by atoms with Crippen LogP contribution in [0.3, 0.4) is 0 Å². The van der Waals surface area contributed by atoms with Crippen molar-refractivity contribution in [3.8, 4) is 0 Å². The molecule has 1 aliphatic heterocycles. The average Bonchev–Trinajstić information content (AvgIpc) is 2.36.